The molecule has 1 aromatic heterocycles. The molecular weight excluding hydrogens is 240 g/mol. The number of aliphatic carboxylic acids is 1. The van der Waals surface area contributed by atoms with E-state index in [1.165, 1.54) is 0 Å². The second-order valence-corrected chi connectivity index (χ2v) is 4.94. The number of carbonyl (C=O) groups is 1. The molecule has 0 aliphatic heterocycles. The maximum atomic E-state index is 10.9. The van der Waals surface area contributed by atoms with Gasteiger partial charge in [-0.2, -0.15) is 0 Å². The van der Waals surface area contributed by atoms with Gasteiger partial charge < -0.3 is 10.0 Å². The molecule has 0 aliphatic rings. The van der Waals surface area contributed by atoms with Gasteiger partial charge in [0.15, 0.2) is 0 Å². The number of benzene rings is 1. The van der Waals surface area contributed by atoms with Crippen molar-refractivity contribution in [2.45, 2.75) is 13.8 Å². The Morgan fingerprint density at radius 1 is 1.42 bits per heavy atom. The minimum atomic E-state index is -0.787. The van der Waals surface area contributed by atoms with E-state index in [1.807, 2.05) is 43.1 Å². The van der Waals surface area contributed by atoms with Crippen LogP contribution in [0.25, 0.3) is 10.9 Å². The van der Waals surface area contributed by atoms with E-state index in [0.29, 0.717) is 6.54 Å². The lowest BCUT2D eigenvalue weighted by Gasteiger charge is -2.22. The molecule has 0 spiro atoms. The summed E-state index contributed by atoms with van der Waals surface area (Å²) in [6.45, 7) is 4.15. The fourth-order valence-electron chi connectivity index (χ4n) is 2.17. The van der Waals surface area contributed by atoms with Crippen molar-refractivity contribution in [3.05, 3.63) is 35.9 Å². The zero-order chi connectivity index (χ0) is 14.0. The van der Waals surface area contributed by atoms with Crippen molar-refractivity contribution in [3.63, 3.8) is 0 Å². The number of aryl methyl sites for hydroxylation is 1. The Morgan fingerprint density at radius 3 is 2.79 bits per heavy atom. The average molecular weight is 258 g/mol. The number of carboxylic acids is 1. The van der Waals surface area contributed by atoms with Crippen molar-refractivity contribution in [1.82, 2.24) is 4.98 Å². The lowest BCUT2D eigenvalue weighted by molar-refractivity contribution is -0.140. The topological polar surface area (TPSA) is 53.4 Å². The van der Waals surface area contributed by atoms with Gasteiger partial charge in [0.05, 0.1) is 11.4 Å². The molecule has 0 fully saturated rings. The van der Waals surface area contributed by atoms with Crippen LogP contribution in [-0.4, -0.2) is 29.7 Å². The number of nitrogens with zero attached hydrogens (tertiary/aromatic N) is 2. The van der Waals surface area contributed by atoms with E-state index in [9.17, 15) is 4.79 Å². The molecule has 2 rings (SSSR count). The van der Waals surface area contributed by atoms with E-state index in [-0.39, 0.29) is 0 Å². The third kappa shape index (κ3) is 2.84. The molecule has 2 aromatic rings. The molecule has 4 heteroatoms. The minimum Gasteiger partial charge on any atom is -0.481 e. The Kier molecular flexibility index (Phi) is 3.69. The van der Waals surface area contributed by atoms with Crippen LogP contribution in [-0.2, 0) is 4.79 Å². The van der Waals surface area contributed by atoms with E-state index >= 15 is 0 Å². The van der Waals surface area contributed by atoms with E-state index in [0.717, 1.165) is 22.3 Å². The first-order chi connectivity index (χ1) is 8.99. The number of fused-ring (bicyclic) bond motifs is 1. The van der Waals surface area contributed by atoms with Gasteiger partial charge in [0.1, 0.15) is 5.82 Å². The molecule has 4 nitrogen and oxygen atoms in total. The van der Waals surface area contributed by atoms with Gasteiger partial charge in [-0.1, -0.05) is 25.1 Å². The number of pyridine rings is 1. The monoisotopic (exact) mass is 258 g/mol. The Hall–Kier alpha value is -2.10. The van der Waals surface area contributed by atoms with Gasteiger partial charge in [-0.25, -0.2) is 4.98 Å². The first kappa shape index (κ1) is 13.3. The van der Waals surface area contributed by atoms with Crippen LogP contribution >= 0.6 is 0 Å². The maximum absolute atomic E-state index is 10.9. The largest absolute Gasteiger partial charge is 0.481 e. The van der Waals surface area contributed by atoms with E-state index in [2.05, 4.69) is 11.1 Å². The first-order valence-corrected chi connectivity index (χ1v) is 6.29. The van der Waals surface area contributed by atoms with Crippen molar-refractivity contribution in [2.75, 3.05) is 18.5 Å². The highest BCUT2D eigenvalue weighted by atomic mass is 16.4. The van der Waals surface area contributed by atoms with E-state index in [4.69, 9.17) is 5.11 Å². The van der Waals surface area contributed by atoms with Crippen LogP contribution < -0.4 is 4.90 Å². The highest BCUT2D eigenvalue weighted by Gasteiger charge is 2.16. The third-order valence-electron chi connectivity index (χ3n) is 3.22. The van der Waals surface area contributed by atoms with E-state index in [1.54, 1.807) is 6.92 Å². The molecule has 1 aromatic carbocycles. The fraction of sp³-hybridized carbons (Fsp3) is 0.333. The summed E-state index contributed by atoms with van der Waals surface area (Å²) < 4.78 is 0. The average Bonchev–Trinajstić information content (AvgIpc) is 2.37. The predicted octanol–water partition coefficient (Wildman–Crippen LogP) is 2.70. The number of hydrogen-bond donors (Lipinski definition) is 1. The zero-order valence-corrected chi connectivity index (χ0v) is 11.4. The van der Waals surface area contributed by atoms with Gasteiger partial charge in [-0.05, 0) is 24.6 Å². The molecule has 100 valence electrons. The van der Waals surface area contributed by atoms with Crippen molar-refractivity contribution in [3.8, 4) is 0 Å². The van der Waals surface area contributed by atoms with Crippen molar-refractivity contribution >= 4 is 22.7 Å². The lowest BCUT2D eigenvalue weighted by Crippen LogP contribution is -2.29. The Balaban J connectivity index is 2.33. The molecule has 1 heterocycles. The highest BCUT2D eigenvalue weighted by molar-refractivity contribution is 5.81. The molecule has 0 saturated heterocycles. The van der Waals surface area contributed by atoms with Gasteiger partial charge in [0, 0.05) is 19.0 Å². The molecule has 0 bridgehead atoms. The molecule has 1 N–H and O–H groups in total. The third-order valence-corrected chi connectivity index (χ3v) is 3.22. The van der Waals surface area contributed by atoms with Crippen molar-refractivity contribution in [2.24, 2.45) is 5.92 Å². The zero-order valence-electron chi connectivity index (χ0n) is 11.4. The molecule has 0 saturated carbocycles. The summed E-state index contributed by atoms with van der Waals surface area (Å²) in [7, 11) is 1.88. The number of carboxylic acid groups (broad SMARTS) is 1. The van der Waals surface area contributed by atoms with Gasteiger partial charge in [-0.15, -0.1) is 0 Å². The van der Waals surface area contributed by atoms with Crippen LogP contribution in [0.4, 0.5) is 5.82 Å². The summed E-state index contributed by atoms with van der Waals surface area (Å²) in [6.07, 6.45) is 0. The molecule has 0 radical (unpaired) electrons. The summed E-state index contributed by atoms with van der Waals surface area (Å²) in [6, 6.07) is 10.0. The van der Waals surface area contributed by atoms with E-state index < -0.39 is 11.9 Å². The van der Waals surface area contributed by atoms with Gasteiger partial charge in [0.25, 0.3) is 0 Å². The smallest absolute Gasteiger partial charge is 0.308 e. The Labute approximate surface area is 112 Å². The summed E-state index contributed by atoms with van der Waals surface area (Å²) in [5, 5.41) is 10.1. The summed E-state index contributed by atoms with van der Waals surface area (Å²) in [5.41, 5.74) is 1.98. The summed E-state index contributed by atoms with van der Waals surface area (Å²) in [5.74, 6) is -0.366. The van der Waals surface area contributed by atoms with Crippen LogP contribution in [0.2, 0.25) is 0 Å². The SMILES string of the molecule is Cc1cc2ccccc2nc1N(C)CC(C)C(=O)O. The van der Waals surface area contributed by atoms with Crippen LogP contribution in [0.3, 0.4) is 0 Å². The van der Waals surface area contributed by atoms with Crippen LogP contribution in [0.15, 0.2) is 30.3 Å². The Morgan fingerprint density at radius 2 is 2.11 bits per heavy atom. The molecule has 0 amide bonds. The number of hydrogen-bond acceptors (Lipinski definition) is 3. The molecule has 1 unspecified atom stereocenters. The molecular formula is C15H18N2O2. The molecule has 19 heavy (non-hydrogen) atoms. The van der Waals surface area contributed by atoms with Crippen LogP contribution in [0.1, 0.15) is 12.5 Å². The number of rotatable bonds is 4. The molecule has 0 aliphatic carbocycles. The maximum Gasteiger partial charge on any atom is 0.308 e. The minimum absolute atomic E-state index is 0.419. The predicted molar refractivity (Wildman–Crippen MR) is 76.5 cm³/mol. The first-order valence-electron chi connectivity index (χ1n) is 6.29. The Bertz CT molecular complexity index is 610. The van der Waals surface area contributed by atoms with Gasteiger partial charge in [0.2, 0.25) is 0 Å². The standard InChI is InChI=1S/C15H18N2O2/c1-10-8-12-6-4-5-7-13(12)16-14(10)17(3)9-11(2)15(18)19/h4-8,11H,9H2,1-3H3,(H,18,19). The van der Waals surface area contributed by atoms with Gasteiger partial charge >= 0.3 is 5.97 Å². The fourth-order valence-corrected chi connectivity index (χ4v) is 2.17. The number of anilines is 1. The normalized spacial score (nSPS) is 12.4. The van der Waals surface area contributed by atoms with Crippen molar-refractivity contribution < 1.29 is 9.90 Å². The number of aromatic nitrogens is 1. The van der Waals surface area contributed by atoms with Crippen molar-refractivity contribution in [1.29, 1.82) is 0 Å². The number of para-hydroxylation sites is 1. The van der Waals surface area contributed by atoms with Gasteiger partial charge in [-0.3, -0.25) is 4.79 Å². The second-order valence-electron chi connectivity index (χ2n) is 4.94. The van der Waals surface area contributed by atoms with Crippen LogP contribution in [0, 0.1) is 12.8 Å². The summed E-state index contributed by atoms with van der Waals surface area (Å²) >= 11 is 0. The second kappa shape index (κ2) is 5.26. The lowest BCUT2D eigenvalue weighted by atomic mass is 10.1. The highest BCUT2D eigenvalue weighted by Crippen LogP contribution is 2.22. The van der Waals surface area contributed by atoms with Crippen LogP contribution in [0.5, 0.6) is 0 Å². The summed E-state index contributed by atoms with van der Waals surface area (Å²) in [4.78, 5) is 17.4. The quantitative estimate of drug-likeness (QED) is 0.916. The molecule has 1 atom stereocenters.